The molecule has 0 atom stereocenters. The third-order valence-corrected chi connectivity index (χ3v) is 3.93. The van der Waals surface area contributed by atoms with Crippen LogP contribution in [0.4, 0.5) is 5.82 Å². The first kappa shape index (κ1) is 15.2. The quantitative estimate of drug-likeness (QED) is 0.449. The summed E-state index contributed by atoms with van der Waals surface area (Å²) in [5, 5.41) is 14.3. The van der Waals surface area contributed by atoms with Gasteiger partial charge in [-0.3, -0.25) is 4.79 Å². The highest BCUT2D eigenvalue weighted by atomic mass is 35.7. The number of nitrogens with zero attached hydrogens (tertiary/aromatic N) is 4. The van der Waals surface area contributed by atoms with Crippen LogP contribution in [0, 0.1) is 10.1 Å². The van der Waals surface area contributed by atoms with Crippen LogP contribution in [0.5, 0.6) is 0 Å². The lowest BCUT2D eigenvalue weighted by molar-refractivity contribution is -0.392. The topological polar surface area (TPSA) is 117 Å². The van der Waals surface area contributed by atoms with Gasteiger partial charge in [0.2, 0.25) is 4.90 Å². The normalized spacial score (nSPS) is 11.5. The van der Waals surface area contributed by atoms with Crippen molar-refractivity contribution >= 4 is 25.6 Å². The summed E-state index contributed by atoms with van der Waals surface area (Å²) < 4.78 is 24.9. The molecule has 21 heavy (non-hydrogen) atoms. The van der Waals surface area contributed by atoms with E-state index in [1.54, 1.807) is 18.3 Å². The molecule has 0 N–H and O–H groups in total. The number of hydrogen-bond donors (Lipinski definition) is 0. The molecule has 0 bridgehead atoms. The molecule has 0 aliphatic rings. The van der Waals surface area contributed by atoms with Crippen molar-refractivity contribution in [1.29, 1.82) is 0 Å². The summed E-state index contributed by atoms with van der Waals surface area (Å²) in [6.07, 6.45) is 2.51. The lowest BCUT2D eigenvalue weighted by atomic mass is 10.4. The van der Waals surface area contributed by atoms with Crippen LogP contribution in [0.2, 0.25) is 0 Å². The van der Waals surface area contributed by atoms with Gasteiger partial charge in [0, 0.05) is 29.5 Å². The molecular formula is C10H9ClN4O5S. The maximum Gasteiger partial charge on any atom is 0.410 e. The van der Waals surface area contributed by atoms with Crippen molar-refractivity contribution in [1.82, 2.24) is 14.3 Å². The molecule has 0 aromatic carbocycles. The standard InChI is InChI=1S/C10H9ClN4O5S/c11-21(19,20)8-7-14(12-10(8)15(17)18)6-5-13-4-2-1-3-9(13)16/h1-4,7H,5-6H2. The predicted octanol–water partition coefficient (Wildman–Crippen LogP) is 0.581. The average Bonchev–Trinajstić information content (AvgIpc) is 2.82. The Kier molecular flexibility index (Phi) is 4.09. The van der Waals surface area contributed by atoms with E-state index in [1.807, 2.05) is 0 Å². The first-order valence-electron chi connectivity index (χ1n) is 5.61. The van der Waals surface area contributed by atoms with Crippen LogP contribution in [-0.4, -0.2) is 27.7 Å². The fourth-order valence-electron chi connectivity index (χ4n) is 1.66. The third kappa shape index (κ3) is 3.47. The lowest BCUT2D eigenvalue weighted by Gasteiger charge is -2.02. The Morgan fingerprint density at radius 1 is 1.33 bits per heavy atom. The second kappa shape index (κ2) is 5.66. The molecule has 2 heterocycles. The van der Waals surface area contributed by atoms with E-state index in [2.05, 4.69) is 5.10 Å². The van der Waals surface area contributed by atoms with Crippen molar-refractivity contribution in [2.24, 2.45) is 0 Å². The van der Waals surface area contributed by atoms with Crippen LogP contribution in [0.3, 0.4) is 0 Å². The summed E-state index contributed by atoms with van der Waals surface area (Å²) in [5.41, 5.74) is -0.246. The summed E-state index contributed by atoms with van der Waals surface area (Å²) in [7, 11) is 0.853. The largest absolute Gasteiger partial charge is 0.410 e. The van der Waals surface area contributed by atoms with Gasteiger partial charge in [-0.1, -0.05) is 6.07 Å². The van der Waals surface area contributed by atoms with Gasteiger partial charge in [-0.05, 0) is 11.0 Å². The summed E-state index contributed by atoms with van der Waals surface area (Å²) in [4.78, 5) is 20.6. The van der Waals surface area contributed by atoms with Gasteiger partial charge in [0.05, 0.1) is 17.8 Å². The second-order valence-corrected chi connectivity index (χ2v) is 6.54. The molecular weight excluding hydrogens is 324 g/mol. The van der Waals surface area contributed by atoms with E-state index in [0.717, 1.165) is 10.9 Å². The monoisotopic (exact) mass is 332 g/mol. The van der Waals surface area contributed by atoms with E-state index in [1.165, 1.54) is 10.6 Å². The van der Waals surface area contributed by atoms with Gasteiger partial charge in [-0.25, -0.2) is 8.42 Å². The lowest BCUT2D eigenvalue weighted by Crippen LogP contribution is -2.20. The minimum absolute atomic E-state index is 0.0805. The van der Waals surface area contributed by atoms with Gasteiger partial charge in [0.15, 0.2) is 0 Å². The number of hydrogen-bond acceptors (Lipinski definition) is 6. The first-order valence-corrected chi connectivity index (χ1v) is 7.92. The molecule has 0 aliphatic carbocycles. The van der Waals surface area contributed by atoms with Gasteiger partial charge in [-0.15, -0.1) is 0 Å². The summed E-state index contributed by atoms with van der Waals surface area (Å²) >= 11 is 0. The molecule has 2 rings (SSSR count). The smallest absolute Gasteiger partial charge is 0.358 e. The fourth-order valence-corrected chi connectivity index (χ4v) is 2.57. The van der Waals surface area contributed by atoms with Gasteiger partial charge < -0.3 is 14.7 Å². The van der Waals surface area contributed by atoms with Gasteiger partial charge in [0.25, 0.3) is 14.6 Å². The Balaban J connectivity index is 2.28. The van der Waals surface area contributed by atoms with Crippen molar-refractivity contribution < 1.29 is 13.3 Å². The van der Waals surface area contributed by atoms with Crippen molar-refractivity contribution in [3.05, 3.63) is 51.1 Å². The minimum atomic E-state index is -4.27. The van der Waals surface area contributed by atoms with E-state index in [4.69, 9.17) is 10.7 Å². The van der Waals surface area contributed by atoms with Crippen molar-refractivity contribution in [2.45, 2.75) is 18.0 Å². The van der Waals surface area contributed by atoms with E-state index in [-0.39, 0.29) is 18.6 Å². The molecule has 0 saturated heterocycles. The molecule has 11 heteroatoms. The molecule has 0 saturated carbocycles. The van der Waals surface area contributed by atoms with Crippen LogP contribution in [0.1, 0.15) is 0 Å². The summed E-state index contributed by atoms with van der Waals surface area (Å²) in [6, 6.07) is 4.59. The molecule has 9 nitrogen and oxygen atoms in total. The van der Waals surface area contributed by atoms with Gasteiger partial charge >= 0.3 is 5.82 Å². The SMILES string of the molecule is O=c1ccccn1CCn1cc(S(=O)(=O)Cl)c([N+](=O)[O-])n1. The Labute approximate surface area is 123 Å². The molecule has 0 unspecified atom stereocenters. The highest BCUT2D eigenvalue weighted by Gasteiger charge is 2.29. The van der Waals surface area contributed by atoms with Crippen LogP contribution in [0.25, 0.3) is 0 Å². The number of pyridine rings is 1. The Bertz CT molecular complexity index is 841. The van der Waals surface area contributed by atoms with E-state index < -0.39 is 24.7 Å². The van der Waals surface area contributed by atoms with Crippen LogP contribution in [-0.2, 0) is 22.1 Å². The van der Waals surface area contributed by atoms with E-state index >= 15 is 0 Å². The summed E-state index contributed by atoms with van der Waals surface area (Å²) in [5.74, 6) is -0.842. The first-order chi connectivity index (χ1) is 9.79. The number of rotatable bonds is 5. The van der Waals surface area contributed by atoms with Crippen LogP contribution in [0.15, 0.2) is 40.3 Å². The predicted molar refractivity (Wildman–Crippen MR) is 72.6 cm³/mol. The minimum Gasteiger partial charge on any atom is -0.358 e. The van der Waals surface area contributed by atoms with Crippen molar-refractivity contribution in [3.8, 4) is 0 Å². The van der Waals surface area contributed by atoms with Crippen molar-refractivity contribution in [2.75, 3.05) is 0 Å². The average molecular weight is 333 g/mol. The second-order valence-electron chi connectivity index (χ2n) is 4.01. The molecule has 0 radical (unpaired) electrons. The molecule has 0 aliphatic heterocycles. The molecule has 0 spiro atoms. The van der Waals surface area contributed by atoms with E-state index in [9.17, 15) is 23.3 Å². The highest BCUT2D eigenvalue weighted by Crippen LogP contribution is 2.24. The van der Waals surface area contributed by atoms with Crippen LogP contribution < -0.4 is 5.56 Å². The Hall–Kier alpha value is -2.20. The molecule has 112 valence electrons. The van der Waals surface area contributed by atoms with Gasteiger partial charge in [-0.2, -0.15) is 4.68 Å². The maximum absolute atomic E-state index is 11.5. The molecule has 2 aromatic rings. The number of nitro groups is 1. The highest BCUT2D eigenvalue weighted by molar-refractivity contribution is 8.13. The Morgan fingerprint density at radius 2 is 2.05 bits per heavy atom. The zero-order valence-electron chi connectivity index (χ0n) is 10.4. The fraction of sp³-hybridized carbons (Fsp3) is 0.200. The molecule has 0 amide bonds. The number of aromatic nitrogens is 3. The zero-order chi connectivity index (χ0) is 15.6. The molecule has 0 fully saturated rings. The third-order valence-electron chi connectivity index (χ3n) is 2.61. The van der Waals surface area contributed by atoms with E-state index in [0.29, 0.717) is 0 Å². The van der Waals surface area contributed by atoms with Gasteiger partial charge in [0.1, 0.15) is 0 Å². The number of halogens is 1. The number of aryl methyl sites for hydroxylation is 2. The molecule has 2 aromatic heterocycles. The maximum atomic E-state index is 11.5. The van der Waals surface area contributed by atoms with Crippen LogP contribution >= 0.6 is 10.7 Å². The summed E-state index contributed by atoms with van der Waals surface area (Å²) in [6.45, 7) is 0.261. The Morgan fingerprint density at radius 3 is 2.57 bits per heavy atom. The zero-order valence-corrected chi connectivity index (χ0v) is 12.0. The van der Waals surface area contributed by atoms with Crippen molar-refractivity contribution in [3.63, 3.8) is 0 Å².